The first-order valence-corrected chi connectivity index (χ1v) is 1.07. The Morgan fingerprint density at radius 1 is 1.00 bits per heavy atom. The van der Waals surface area contributed by atoms with Crippen molar-refractivity contribution in [2.75, 3.05) is 0 Å². The fourth-order valence-corrected chi connectivity index (χ4v) is 0. The molecule has 0 heterocycles. The molecule has 0 fully saturated rings. The fraction of sp³-hybridized carbons (Fsp3) is 0. The first-order chi connectivity index (χ1) is 2.64. The summed E-state index contributed by atoms with van der Waals surface area (Å²) in [5, 5.41) is 17.9. The summed E-state index contributed by atoms with van der Waals surface area (Å²) in [5.41, 5.74) is 0. The van der Waals surface area contributed by atoms with Crippen molar-refractivity contribution < 1.29 is 90.7 Å². The van der Waals surface area contributed by atoms with Crippen molar-refractivity contribution in [2.24, 2.45) is 0 Å². The molecule has 0 atom stereocenters. The second-order valence-electron chi connectivity index (χ2n) is 0.575. The Morgan fingerprint density at radius 2 is 1.12 bits per heavy atom. The quantitative estimate of drug-likeness (QED) is 0.306. The number of aliphatic carboxylic acids is 2. The van der Waals surface area contributed by atoms with Gasteiger partial charge >= 0.3 is 70.9 Å². The van der Waals surface area contributed by atoms with Crippen LogP contribution in [0, 0.1) is 0 Å². The van der Waals surface area contributed by atoms with E-state index in [1.54, 1.807) is 0 Å². The van der Waals surface area contributed by atoms with Crippen LogP contribution in [0.1, 0.15) is 0 Å². The Hall–Kier alpha value is 1.20. The van der Waals surface area contributed by atoms with Gasteiger partial charge in [-0.1, -0.05) is 0 Å². The molecule has 0 aromatic carbocycles. The van der Waals surface area contributed by atoms with Crippen molar-refractivity contribution in [1.29, 1.82) is 0 Å². The van der Waals surface area contributed by atoms with Crippen LogP contribution in [0.2, 0.25) is 0 Å². The van der Waals surface area contributed by atoms with Crippen LogP contribution >= 0.6 is 0 Å². The average Bonchev–Trinajstić information content (AvgIpc) is 1.36. The van der Waals surface area contributed by atoms with E-state index in [1.165, 1.54) is 0 Å². The van der Waals surface area contributed by atoms with E-state index < -0.39 is 11.9 Å². The van der Waals surface area contributed by atoms with Gasteiger partial charge in [0.25, 0.3) is 0 Å². The summed E-state index contributed by atoms with van der Waals surface area (Å²) in [6.45, 7) is 0. The van der Waals surface area contributed by atoms with E-state index in [9.17, 15) is 0 Å². The summed E-state index contributed by atoms with van der Waals surface area (Å²) in [7, 11) is 0. The topological polar surface area (TPSA) is 80.3 Å². The molecular weight excluding hydrogens is 230 g/mol. The monoisotopic (exact) mass is 230 g/mol. The largest absolute Gasteiger partial charge is 2.00 e. The van der Waals surface area contributed by atoms with Crippen LogP contribution in [-0.2, 0) is 29.1 Å². The van der Waals surface area contributed by atoms with Crippen molar-refractivity contribution in [2.45, 2.75) is 0 Å². The number of carboxylic acids is 2. The third-order valence-corrected chi connectivity index (χ3v) is 0.167. The minimum absolute atomic E-state index is 0. The molecule has 8 heavy (non-hydrogen) atoms. The molecule has 1 radical (unpaired) electrons. The number of carbonyl (C=O) groups is 2. The Morgan fingerprint density at radius 3 is 1.12 bits per heavy atom. The first kappa shape index (κ1) is 16.1. The predicted molar refractivity (Wildman–Crippen MR) is 10.0 cm³/mol. The van der Waals surface area contributed by atoms with Crippen molar-refractivity contribution in [3.05, 3.63) is 0 Å². The molecule has 0 aliphatic rings. The molecule has 0 saturated carbocycles. The van der Waals surface area contributed by atoms with Crippen molar-refractivity contribution in [1.82, 2.24) is 0 Å². The standard InChI is InChI=1S/C2H2O4.K.Rh/c3-1(4)2(5)6;;/h(H,3,4)(H,5,6);;/q;+1;+2/p-2. The second-order valence-corrected chi connectivity index (χ2v) is 0.575. The maximum atomic E-state index is 8.93. The SMILES string of the molecule is O=C([O-])C(=O)[O-].[K+].[Rh+2]. The molecule has 0 spiro atoms. The molecule has 4 nitrogen and oxygen atoms in total. The normalized spacial score (nSPS) is 5.50. The van der Waals surface area contributed by atoms with Crippen LogP contribution in [0.3, 0.4) is 0 Å². The van der Waals surface area contributed by atoms with Crippen molar-refractivity contribution in [3.63, 3.8) is 0 Å². The molecule has 0 aromatic rings. The zero-order chi connectivity index (χ0) is 5.15. The predicted octanol–water partition coefficient (Wildman–Crippen LogP) is -6.51. The van der Waals surface area contributed by atoms with Crippen LogP contribution in [0.4, 0.5) is 0 Å². The van der Waals surface area contributed by atoms with Gasteiger partial charge in [-0.15, -0.1) is 0 Å². The van der Waals surface area contributed by atoms with Crippen molar-refractivity contribution >= 4 is 11.9 Å². The van der Waals surface area contributed by atoms with Gasteiger partial charge in [0.05, 0.1) is 11.9 Å². The Balaban J connectivity index is -0.000000125. The molecule has 6 heteroatoms. The van der Waals surface area contributed by atoms with Gasteiger partial charge in [0, 0.05) is 0 Å². The molecule has 0 rings (SSSR count). The summed E-state index contributed by atoms with van der Waals surface area (Å²) >= 11 is 0. The third kappa shape index (κ3) is 10.2. The van der Waals surface area contributed by atoms with E-state index in [0.29, 0.717) is 0 Å². The van der Waals surface area contributed by atoms with Crippen LogP contribution in [0.15, 0.2) is 0 Å². The van der Waals surface area contributed by atoms with Gasteiger partial charge in [0.2, 0.25) is 0 Å². The molecule has 0 amide bonds. The summed E-state index contributed by atoms with van der Waals surface area (Å²) in [5.74, 6) is -4.37. The van der Waals surface area contributed by atoms with Gasteiger partial charge in [-0.2, -0.15) is 0 Å². The van der Waals surface area contributed by atoms with Crippen LogP contribution in [-0.4, -0.2) is 11.9 Å². The Bertz CT molecular complexity index is 80.0. The average molecular weight is 230 g/mol. The number of hydrogen-bond acceptors (Lipinski definition) is 4. The summed E-state index contributed by atoms with van der Waals surface area (Å²) in [6, 6.07) is 0. The molecule has 0 bridgehead atoms. The molecule has 41 valence electrons. The maximum absolute atomic E-state index is 8.93. The number of rotatable bonds is 0. The van der Waals surface area contributed by atoms with E-state index >= 15 is 0 Å². The zero-order valence-electron chi connectivity index (χ0n) is 3.97. The minimum Gasteiger partial charge on any atom is -0.543 e. The van der Waals surface area contributed by atoms with E-state index in [-0.39, 0.29) is 70.9 Å². The van der Waals surface area contributed by atoms with Gasteiger partial charge in [-0.3, -0.25) is 0 Å². The summed E-state index contributed by atoms with van der Waals surface area (Å²) in [4.78, 5) is 17.9. The second kappa shape index (κ2) is 8.20. The maximum Gasteiger partial charge on any atom is 2.00 e. The van der Waals surface area contributed by atoms with E-state index in [1.807, 2.05) is 0 Å². The first-order valence-electron chi connectivity index (χ1n) is 1.07. The number of carboxylic acid groups (broad SMARTS) is 2. The minimum atomic E-state index is -2.19. The molecule has 0 aromatic heterocycles. The van der Waals surface area contributed by atoms with Crippen LogP contribution in [0.25, 0.3) is 0 Å². The number of hydrogen-bond donors (Lipinski definition) is 0. The van der Waals surface area contributed by atoms with Gasteiger partial charge in [0.15, 0.2) is 0 Å². The third-order valence-electron chi connectivity index (χ3n) is 0.167. The van der Waals surface area contributed by atoms with E-state index in [0.717, 1.165) is 0 Å². The Kier molecular flexibility index (Phi) is 16.5. The molecule has 0 aliphatic heterocycles. The molecule has 0 aliphatic carbocycles. The number of carbonyl (C=O) groups excluding carboxylic acids is 2. The molecule has 0 unspecified atom stereocenters. The van der Waals surface area contributed by atoms with Crippen LogP contribution in [0.5, 0.6) is 0 Å². The summed E-state index contributed by atoms with van der Waals surface area (Å²) in [6.07, 6.45) is 0. The smallest absolute Gasteiger partial charge is 0.543 e. The summed E-state index contributed by atoms with van der Waals surface area (Å²) < 4.78 is 0. The zero-order valence-corrected chi connectivity index (χ0v) is 8.73. The van der Waals surface area contributed by atoms with Gasteiger partial charge in [-0.25, -0.2) is 0 Å². The Labute approximate surface area is 101 Å². The fourth-order valence-electron chi connectivity index (χ4n) is 0. The van der Waals surface area contributed by atoms with Gasteiger partial charge in [-0.05, 0) is 0 Å². The van der Waals surface area contributed by atoms with E-state index in [4.69, 9.17) is 19.8 Å². The van der Waals surface area contributed by atoms with Crippen LogP contribution < -0.4 is 61.6 Å². The van der Waals surface area contributed by atoms with Gasteiger partial charge in [0.1, 0.15) is 0 Å². The van der Waals surface area contributed by atoms with E-state index in [2.05, 4.69) is 0 Å². The molecule has 0 saturated heterocycles. The van der Waals surface area contributed by atoms with Crippen molar-refractivity contribution in [3.8, 4) is 0 Å². The molecule has 0 N–H and O–H groups in total. The van der Waals surface area contributed by atoms with Gasteiger partial charge < -0.3 is 19.8 Å². The molecular formula is C2KO4Rh+.